The number of aliphatic hydroxyl groups excluding tert-OH is 1. The molecule has 0 atom stereocenters. The fourth-order valence-electron chi connectivity index (χ4n) is 1.74. The number of pyridine rings is 1. The first-order chi connectivity index (χ1) is 8.53. The van der Waals surface area contributed by atoms with Gasteiger partial charge in [0.1, 0.15) is 0 Å². The van der Waals surface area contributed by atoms with Gasteiger partial charge in [-0.2, -0.15) is 0 Å². The van der Waals surface area contributed by atoms with Gasteiger partial charge < -0.3 is 16.2 Å². The smallest absolute Gasteiger partial charge is 0.0951 e. The van der Waals surface area contributed by atoms with Gasteiger partial charge in [0.2, 0.25) is 0 Å². The molecule has 0 spiro atoms. The number of fused-ring (bicyclic) bond motifs is 1. The van der Waals surface area contributed by atoms with Gasteiger partial charge in [0.05, 0.1) is 11.2 Å². The number of hydrogen-bond acceptors (Lipinski definition) is 4. The van der Waals surface area contributed by atoms with E-state index < -0.39 is 0 Å². The summed E-state index contributed by atoms with van der Waals surface area (Å²) in [6.45, 7) is 4.86. The fraction of sp³-hybridized carbons (Fsp3) is 0.357. The zero-order valence-electron chi connectivity index (χ0n) is 10.8. The Hall–Kier alpha value is -1.81. The molecule has 0 aliphatic carbocycles. The number of anilines is 2. The van der Waals surface area contributed by atoms with Crippen molar-refractivity contribution in [3.63, 3.8) is 0 Å². The Kier molecular flexibility index (Phi) is 3.39. The van der Waals surface area contributed by atoms with Crippen LogP contribution < -0.4 is 11.1 Å². The Morgan fingerprint density at radius 3 is 2.83 bits per heavy atom. The van der Waals surface area contributed by atoms with Crippen LogP contribution in [0.3, 0.4) is 0 Å². The lowest BCUT2D eigenvalue weighted by molar-refractivity contribution is 0.171. The Bertz CT molecular complexity index is 552. The van der Waals surface area contributed by atoms with Crippen molar-refractivity contribution in [1.82, 2.24) is 4.98 Å². The largest absolute Gasteiger partial charge is 0.397 e. The molecule has 0 unspecified atom stereocenters. The molecule has 0 saturated heterocycles. The molecule has 4 heteroatoms. The third kappa shape index (κ3) is 2.54. The quantitative estimate of drug-likeness (QED) is 0.722. The van der Waals surface area contributed by atoms with Crippen molar-refractivity contribution in [3.05, 3.63) is 30.5 Å². The predicted molar refractivity (Wildman–Crippen MR) is 75.5 cm³/mol. The average molecular weight is 245 g/mol. The van der Waals surface area contributed by atoms with E-state index in [0.29, 0.717) is 12.2 Å². The maximum absolute atomic E-state index is 9.26. The normalized spacial score (nSPS) is 11.7. The summed E-state index contributed by atoms with van der Waals surface area (Å²) in [5.74, 6) is 0. The molecular formula is C14H19N3O. The third-order valence-corrected chi connectivity index (χ3v) is 2.99. The molecule has 18 heavy (non-hydrogen) atoms. The lowest BCUT2D eigenvalue weighted by Gasteiger charge is -2.23. The maximum atomic E-state index is 9.26. The second-order valence-electron chi connectivity index (χ2n) is 5.28. The number of benzene rings is 1. The number of hydrogen-bond donors (Lipinski definition) is 3. The number of aliphatic hydroxyl groups is 1. The van der Waals surface area contributed by atoms with Crippen LogP contribution in [-0.2, 0) is 0 Å². The minimum atomic E-state index is -0.157. The highest BCUT2D eigenvalue weighted by atomic mass is 16.3. The summed E-state index contributed by atoms with van der Waals surface area (Å²) >= 11 is 0. The third-order valence-electron chi connectivity index (χ3n) is 2.99. The first-order valence-corrected chi connectivity index (χ1v) is 6.01. The van der Waals surface area contributed by atoms with Gasteiger partial charge in [-0.1, -0.05) is 13.8 Å². The fourth-order valence-corrected chi connectivity index (χ4v) is 1.74. The van der Waals surface area contributed by atoms with Crippen LogP contribution in [-0.4, -0.2) is 23.2 Å². The monoisotopic (exact) mass is 245 g/mol. The predicted octanol–water partition coefficient (Wildman–Crippen LogP) is 2.25. The van der Waals surface area contributed by atoms with Crippen LogP contribution in [0.5, 0.6) is 0 Å². The summed E-state index contributed by atoms with van der Waals surface area (Å²) in [6, 6.07) is 7.69. The molecule has 4 N–H and O–H groups in total. The highest BCUT2D eigenvalue weighted by Crippen LogP contribution is 2.27. The van der Waals surface area contributed by atoms with Crippen LogP contribution in [0.15, 0.2) is 30.5 Å². The van der Waals surface area contributed by atoms with Gasteiger partial charge in [0.25, 0.3) is 0 Å². The molecule has 0 radical (unpaired) electrons. The van der Waals surface area contributed by atoms with Crippen molar-refractivity contribution in [3.8, 4) is 0 Å². The molecule has 0 saturated carbocycles. The molecule has 1 aromatic heterocycles. The highest BCUT2D eigenvalue weighted by molar-refractivity contribution is 5.98. The van der Waals surface area contributed by atoms with Crippen LogP contribution in [0, 0.1) is 5.41 Å². The number of aromatic nitrogens is 1. The topological polar surface area (TPSA) is 71.2 Å². The summed E-state index contributed by atoms with van der Waals surface area (Å²) < 4.78 is 0. The standard InChI is InChI=1S/C14H19N3O/c1-14(2,9-18)8-17-12-6-5-11(15)13-10(12)4-3-7-16-13/h3-7,17-18H,8-9,15H2,1-2H3. The van der Waals surface area contributed by atoms with Crippen LogP contribution in [0.4, 0.5) is 11.4 Å². The molecule has 0 aliphatic heterocycles. The number of nitrogens with one attached hydrogen (secondary N) is 1. The van der Waals surface area contributed by atoms with E-state index in [1.165, 1.54) is 0 Å². The molecular weight excluding hydrogens is 226 g/mol. The van der Waals surface area contributed by atoms with E-state index in [1.54, 1.807) is 6.20 Å². The SMILES string of the molecule is CC(C)(CO)CNc1ccc(N)c2ncccc12. The maximum Gasteiger partial charge on any atom is 0.0951 e. The zero-order chi connectivity index (χ0) is 13.2. The van der Waals surface area contributed by atoms with Gasteiger partial charge in [-0.25, -0.2) is 0 Å². The van der Waals surface area contributed by atoms with Crippen molar-refractivity contribution < 1.29 is 5.11 Å². The van der Waals surface area contributed by atoms with Crippen LogP contribution in [0.25, 0.3) is 10.9 Å². The van der Waals surface area contributed by atoms with E-state index in [1.807, 2.05) is 38.1 Å². The lowest BCUT2D eigenvalue weighted by atomic mass is 9.95. The molecule has 1 aromatic carbocycles. The first kappa shape index (κ1) is 12.6. The Balaban J connectivity index is 2.32. The van der Waals surface area contributed by atoms with Crippen LogP contribution in [0.1, 0.15) is 13.8 Å². The summed E-state index contributed by atoms with van der Waals surface area (Å²) in [5.41, 5.74) is 8.23. The summed E-state index contributed by atoms with van der Waals surface area (Å²) in [4.78, 5) is 4.29. The second-order valence-corrected chi connectivity index (χ2v) is 5.28. The molecule has 0 bridgehead atoms. The van der Waals surface area contributed by atoms with Gasteiger partial charge >= 0.3 is 0 Å². The van der Waals surface area contributed by atoms with Crippen molar-refractivity contribution in [2.45, 2.75) is 13.8 Å². The molecule has 0 amide bonds. The van der Waals surface area contributed by atoms with Gasteiger partial charge in [-0.15, -0.1) is 0 Å². The Morgan fingerprint density at radius 1 is 1.33 bits per heavy atom. The van der Waals surface area contributed by atoms with Crippen molar-refractivity contribution in [1.29, 1.82) is 0 Å². The minimum absolute atomic E-state index is 0.144. The molecule has 0 aliphatic rings. The van der Waals surface area contributed by atoms with Crippen molar-refractivity contribution >= 4 is 22.3 Å². The van der Waals surface area contributed by atoms with Crippen molar-refractivity contribution in [2.24, 2.45) is 5.41 Å². The zero-order valence-corrected chi connectivity index (χ0v) is 10.8. The van der Waals surface area contributed by atoms with E-state index in [-0.39, 0.29) is 12.0 Å². The van der Waals surface area contributed by atoms with Gasteiger partial charge in [-0.3, -0.25) is 4.98 Å². The highest BCUT2D eigenvalue weighted by Gasteiger charge is 2.16. The lowest BCUT2D eigenvalue weighted by Crippen LogP contribution is -2.26. The van der Waals surface area contributed by atoms with E-state index in [9.17, 15) is 5.11 Å². The van der Waals surface area contributed by atoms with Crippen LogP contribution >= 0.6 is 0 Å². The van der Waals surface area contributed by atoms with E-state index in [2.05, 4.69) is 10.3 Å². The minimum Gasteiger partial charge on any atom is -0.397 e. The van der Waals surface area contributed by atoms with Crippen molar-refractivity contribution in [2.75, 3.05) is 24.2 Å². The molecule has 2 rings (SSSR count). The Morgan fingerprint density at radius 2 is 2.11 bits per heavy atom. The molecule has 0 fully saturated rings. The molecule has 96 valence electrons. The molecule has 1 heterocycles. The summed E-state index contributed by atoms with van der Waals surface area (Å²) in [6.07, 6.45) is 1.74. The number of nitrogens with zero attached hydrogens (tertiary/aromatic N) is 1. The number of nitrogen functional groups attached to an aromatic ring is 1. The first-order valence-electron chi connectivity index (χ1n) is 6.01. The van der Waals surface area contributed by atoms with E-state index >= 15 is 0 Å². The van der Waals surface area contributed by atoms with Gasteiger partial charge in [0.15, 0.2) is 0 Å². The average Bonchev–Trinajstić information content (AvgIpc) is 2.38. The van der Waals surface area contributed by atoms with E-state index in [0.717, 1.165) is 16.6 Å². The molecule has 2 aromatic rings. The Labute approximate surface area is 107 Å². The van der Waals surface area contributed by atoms with Gasteiger partial charge in [0, 0.05) is 35.8 Å². The second kappa shape index (κ2) is 4.82. The van der Waals surface area contributed by atoms with Gasteiger partial charge in [-0.05, 0) is 24.3 Å². The summed E-state index contributed by atoms with van der Waals surface area (Å²) in [5, 5.41) is 13.6. The number of nitrogens with two attached hydrogens (primary N) is 1. The van der Waals surface area contributed by atoms with E-state index in [4.69, 9.17) is 5.73 Å². The summed E-state index contributed by atoms with van der Waals surface area (Å²) in [7, 11) is 0. The molecule has 4 nitrogen and oxygen atoms in total. The number of rotatable bonds is 4. The van der Waals surface area contributed by atoms with Crippen LogP contribution in [0.2, 0.25) is 0 Å².